The van der Waals surface area contributed by atoms with Crippen molar-refractivity contribution in [1.29, 1.82) is 0 Å². The molecule has 4 aromatic rings. The Bertz CT molecular complexity index is 1200. The highest BCUT2D eigenvalue weighted by Gasteiger charge is 2.16. The molecule has 0 saturated carbocycles. The summed E-state index contributed by atoms with van der Waals surface area (Å²) in [5, 5.41) is 13.5. The minimum absolute atomic E-state index is 0.143. The predicted octanol–water partition coefficient (Wildman–Crippen LogP) is 3.97. The SMILES string of the molecule is CCCCc1nnc(SCC(=O)Nc2cc3oc4ccccc4c3cc2OC)n1N. The van der Waals surface area contributed by atoms with E-state index in [0.717, 1.165) is 41.4 Å². The lowest BCUT2D eigenvalue weighted by Gasteiger charge is -2.10. The van der Waals surface area contributed by atoms with Gasteiger partial charge in [0.2, 0.25) is 11.1 Å². The molecule has 2 aromatic heterocycles. The summed E-state index contributed by atoms with van der Waals surface area (Å²) in [4.78, 5) is 12.5. The van der Waals surface area contributed by atoms with Gasteiger partial charge in [-0.2, -0.15) is 0 Å². The Morgan fingerprint density at radius 3 is 2.87 bits per heavy atom. The molecule has 1 amide bonds. The van der Waals surface area contributed by atoms with Gasteiger partial charge in [-0.15, -0.1) is 10.2 Å². The maximum absolute atomic E-state index is 12.5. The van der Waals surface area contributed by atoms with Gasteiger partial charge >= 0.3 is 0 Å². The van der Waals surface area contributed by atoms with E-state index in [2.05, 4.69) is 22.4 Å². The highest BCUT2D eigenvalue weighted by Crippen LogP contribution is 2.36. The Morgan fingerprint density at radius 1 is 1.23 bits per heavy atom. The number of fused-ring (bicyclic) bond motifs is 3. The molecule has 0 aliphatic heterocycles. The van der Waals surface area contributed by atoms with Crippen LogP contribution in [0.25, 0.3) is 21.9 Å². The Labute approximate surface area is 177 Å². The van der Waals surface area contributed by atoms with Gasteiger partial charge in [0, 0.05) is 23.3 Å². The molecule has 4 rings (SSSR count). The van der Waals surface area contributed by atoms with Crippen molar-refractivity contribution in [3.8, 4) is 5.75 Å². The third-order valence-corrected chi connectivity index (χ3v) is 5.74. The van der Waals surface area contributed by atoms with E-state index in [1.54, 1.807) is 13.2 Å². The minimum atomic E-state index is -0.202. The van der Waals surface area contributed by atoms with Gasteiger partial charge in [0.05, 0.1) is 18.6 Å². The maximum atomic E-state index is 12.5. The first-order valence-corrected chi connectivity index (χ1v) is 10.7. The number of para-hydroxylation sites is 1. The summed E-state index contributed by atoms with van der Waals surface area (Å²) in [6.45, 7) is 2.11. The second-order valence-corrected chi connectivity index (χ2v) is 7.80. The van der Waals surface area contributed by atoms with Gasteiger partial charge in [-0.25, -0.2) is 4.68 Å². The molecule has 0 fully saturated rings. The molecule has 30 heavy (non-hydrogen) atoms. The first-order chi connectivity index (χ1) is 14.6. The van der Waals surface area contributed by atoms with Crippen LogP contribution in [-0.2, 0) is 11.2 Å². The predicted molar refractivity (Wildman–Crippen MR) is 118 cm³/mol. The van der Waals surface area contributed by atoms with Gasteiger partial charge in [0.1, 0.15) is 16.9 Å². The van der Waals surface area contributed by atoms with E-state index >= 15 is 0 Å². The molecular formula is C21H23N5O3S. The average molecular weight is 426 g/mol. The van der Waals surface area contributed by atoms with Gasteiger partial charge in [-0.3, -0.25) is 4.79 Å². The number of anilines is 1. The zero-order chi connectivity index (χ0) is 21.1. The summed E-state index contributed by atoms with van der Waals surface area (Å²) in [5.74, 6) is 7.26. The summed E-state index contributed by atoms with van der Waals surface area (Å²) >= 11 is 1.24. The number of nitrogens with one attached hydrogen (secondary N) is 1. The van der Waals surface area contributed by atoms with E-state index in [4.69, 9.17) is 15.0 Å². The standard InChI is InChI=1S/C21H23N5O3S/c1-3-4-9-19-24-25-21(26(19)22)30-12-20(27)23-15-11-17-14(10-18(15)28-2)13-7-5-6-8-16(13)29-17/h5-8,10-11H,3-4,9,12,22H2,1-2H3,(H,23,27). The topological polar surface area (TPSA) is 108 Å². The normalized spacial score (nSPS) is 11.3. The number of nitrogens with two attached hydrogens (primary N) is 1. The quantitative estimate of drug-likeness (QED) is 0.325. The minimum Gasteiger partial charge on any atom is -0.495 e. The van der Waals surface area contributed by atoms with Crippen LogP contribution in [0.1, 0.15) is 25.6 Å². The Kier molecular flexibility index (Phi) is 5.80. The summed E-state index contributed by atoms with van der Waals surface area (Å²) in [7, 11) is 1.57. The van der Waals surface area contributed by atoms with Crippen LogP contribution in [-0.4, -0.2) is 33.6 Å². The fourth-order valence-electron chi connectivity index (χ4n) is 3.25. The molecule has 2 heterocycles. The van der Waals surface area contributed by atoms with Crippen molar-refractivity contribution >= 4 is 45.3 Å². The van der Waals surface area contributed by atoms with E-state index < -0.39 is 0 Å². The number of rotatable bonds is 8. The van der Waals surface area contributed by atoms with E-state index in [1.807, 2.05) is 30.3 Å². The molecule has 0 spiro atoms. The number of hydrogen-bond acceptors (Lipinski definition) is 7. The van der Waals surface area contributed by atoms with Gasteiger partial charge in [0.25, 0.3) is 0 Å². The van der Waals surface area contributed by atoms with Crippen molar-refractivity contribution in [2.24, 2.45) is 0 Å². The van der Waals surface area contributed by atoms with Crippen LogP contribution in [0.5, 0.6) is 5.75 Å². The second kappa shape index (κ2) is 8.66. The first-order valence-electron chi connectivity index (χ1n) is 9.72. The van der Waals surface area contributed by atoms with Crippen LogP contribution in [0.4, 0.5) is 5.69 Å². The van der Waals surface area contributed by atoms with Crippen LogP contribution >= 0.6 is 11.8 Å². The molecule has 0 unspecified atom stereocenters. The highest BCUT2D eigenvalue weighted by molar-refractivity contribution is 7.99. The summed E-state index contributed by atoms with van der Waals surface area (Å²) in [5.41, 5.74) is 2.02. The zero-order valence-electron chi connectivity index (χ0n) is 16.8. The van der Waals surface area contributed by atoms with E-state index in [-0.39, 0.29) is 11.7 Å². The molecule has 156 valence electrons. The van der Waals surface area contributed by atoms with Crippen LogP contribution < -0.4 is 15.9 Å². The zero-order valence-corrected chi connectivity index (χ0v) is 17.7. The molecule has 0 radical (unpaired) electrons. The monoisotopic (exact) mass is 425 g/mol. The third-order valence-electron chi connectivity index (χ3n) is 4.79. The molecule has 9 heteroatoms. The number of carbonyl (C=O) groups is 1. The van der Waals surface area contributed by atoms with Crippen LogP contribution in [0.3, 0.4) is 0 Å². The molecule has 3 N–H and O–H groups in total. The number of nitrogen functional groups attached to an aromatic ring is 1. The van der Waals surface area contributed by atoms with Crippen molar-refractivity contribution in [3.05, 3.63) is 42.2 Å². The number of aromatic nitrogens is 3. The number of amides is 1. The van der Waals surface area contributed by atoms with Crippen LogP contribution in [0.2, 0.25) is 0 Å². The smallest absolute Gasteiger partial charge is 0.234 e. The molecular weight excluding hydrogens is 402 g/mol. The summed E-state index contributed by atoms with van der Waals surface area (Å²) in [6.07, 6.45) is 2.81. The van der Waals surface area contributed by atoms with Crippen molar-refractivity contribution in [2.45, 2.75) is 31.3 Å². The second-order valence-electron chi connectivity index (χ2n) is 6.86. The number of nitrogens with zero attached hydrogens (tertiary/aromatic N) is 3. The molecule has 2 aromatic carbocycles. The molecule has 0 aliphatic carbocycles. The number of carbonyl (C=O) groups excluding carboxylic acids is 1. The van der Waals surface area contributed by atoms with Crippen molar-refractivity contribution in [2.75, 3.05) is 24.0 Å². The number of unbranched alkanes of at least 4 members (excludes halogenated alkanes) is 1. The largest absolute Gasteiger partial charge is 0.495 e. The number of ether oxygens (including phenoxy) is 1. The van der Waals surface area contributed by atoms with E-state index in [0.29, 0.717) is 22.2 Å². The Balaban J connectivity index is 1.49. The van der Waals surface area contributed by atoms with Gasteiger partial charge in [-0.05, 0) is 18.6 Å². The number of thioether (sulfide) groups is 1. The van der Waals surface area contributed by atoms with Crippen LogP contribution in [0.15, 0.2) is 46.0 Å². The summed E-state index contributed by atoms with van der Waals surface area (Å²) < 4.78 is 12.8. The van der Waals surface area contributed by atoms with Crippen molar-refractivity contribution in [3.63, 3.8) is 0 Å². The molecule has 0 saturated heterocycles. The van der Waals surface area contributed by atoms with Gasteiger partial charge < -0.3 is 20.3 Å². The first kappa shape index (κ1) is 20.1. The van der Waals surface area contributed by atoms with E-state index in [9.17, 15) is 4.79 Å². The number of furan rings is 1. The fourth-order valence-corrected chi connectivity index (χ4v) is 3.92. The molecule has 0 atom stereocenters. The fraction of sp³-hybridized carbons (Fsp3) is 0.286. The average Bonchev–Trinajstić information content (AvgIpc) is 3.29. The number of methoxy groups -OCH3 is 1. The lowest BCUT2D eigenvalue weighted by Crippen LogP contribution is -2.17. The highest BCUT2D eigenvalue weighted by atomic mass is 32.2. The lowest BCUT2D eigenvalue weighted by molar-refractivity contribution is -0.113. The summed E-state index contributed by atoms with van der Waals surface area (Å²) in [6, 6.07) is 11.4. The Morgan fingerprint density at radius 2 is 2.07 bits per heavy atom. The van der Waals surface area contributed by atoms with E-state index in [1.165, 1.54) is 16.4 Å². The third kappa shape index (κ3) is 3.93. The molecule has 0 aliphatic rings. The number of benzene rings is 2. The number of hydrogen-bond donors (Lipinski definition) is 2. The van der Waals surface area contributed by atoms with Gasteiger partial charge in [-0.1, -0.05) is 43.3 Å². The van der Waals surface area contributed by atoms with Crippen molar-refractivity contribution < 1.29 is 13.9 Å². The Hall–Kier alpha value is -3.20. The lowest BCUT2D eigenvalue weighted by atomic mass is 10.1. The molecule has 8 nitrogen and oxygen atoms in total. The maximum Gasteiger partial charge on any atom is 0.234 e. The van der Waals surface area contributed by atoms with Gasteiger partial charge in [0.15, 0.2) is 5.82 Å². The van der Waals surface area contributed by atoms with Crippen LogP contribution in [0, 0.1) is 0 Å². The molecule has 0 bridgehead atoms. The van der Waals surface area contributed by atoms with Crippen molar-refractivity contribution in [1.82, 2.24) is 14.9 Å². The number of aryl methyl sites for hydroxylation is 1.